The Morgan fingerprint density at radius 2 is 1.96 bits per heavy atom. The molecule has 0 radical (unpaired) electrons. The zero-order chi connectivity index (χ0) is 17.5. The fourth-order valence-corrected chi connectivity index (χ4v) is 3.46. The first-order valence-electron chi connectivity index (χ1n) is 9.11. The number of amides is 1. The lowest BCUT2D eigenvalue weighted by atomic mass is 10.2. The van der Waals surface area contributed by atoms with Gasteiger partial charge >= 0.3 is 6.09 Å². The van der Waals surface area contributed by atoms with Crippen LogP contribution in [0.15, 0.2) is 30.3 Å². The first-order valence-corrected chi connectivity index (χ1v) is 9.11. The third-order valence-electron chi connectivity index (χ3n) is 4.86. The molecule has 3 atom stereocenters. The van der Waals surface area contributed by atoms with Gasteiger partial charge in [0.1, 0.15) is 6.61 Å². The molecule has 6 nitrogen and oxygen atoms in total. The van der Waals surface area contributed by atoms with E-state index in [1.54, 1.807) is 4.90 Å². The summed E-state index contributed by atoms with van der Waals surface area (Å²) in [4.78, 5) is 14.2. The molecule has 1 N–H and O–H groups in total. The maximum atomic E-state index is 12.6. The summed E-state index contributed by atoms with van der Waals surface area (Å²) in [5, 5.41) is 9.59. The summed E-state index contributed by atoms with van der Waals surface area (Å²) >= 11 is 0. The summed E-state index contributed by atoms with van der Waals surface area (Å²) in [6, 6.07) is 9.31. The minimum absolute atomic E-state index is 0.0587. The maximum absolute atomic E-state index is 12.6. The van der Waals surface area contributed by atoms with Gasteiger partial charge in [0, 0.05) is 6.61 Å². The predicted octanol–water partition coefficient (Wildman–Crippen LogP) is 2.69. The Bertz CT molecular complexity index is 532. The van der Waals surface area contributed by atoms with Crippen LogP contribution in [0.25, 0.3) is 0 Å². The van der Waals surface area contributed by atoms with Crippen molar-refractivity contribution in [2.24, 2.45) is 0 Å². The minimum atomic E-state index is -0.390. The van der Waals surface area contributed by atoms with Gasteiger partial charge in [-0.05, 0) is 37.7 Å². The van der Waals surface area contributed by atoms with E-state index in [4.69, 9.17) is 14.2 Å². The molecule has 0 spiro atoms. The van der Waals surface area contributed by atoms with Crippen LogP contribution in [0, 0.1) is 0 Å². The van der Waals surface area contributed by atoms with Crippen molar-refractivity contribution in [2.45, 2.75) is 57.1 Å². The van der Waals surface area contributed by atoms with Gasteiger partial charge in [0.15, 0.2) is 6.29 Å². The van der Waals surface area contributed by atoms with Crippen molar-refractivity contribution in [1.29, 1.82) is 0 Å². The Morgan fingerprint density at radius 3 is 2.68 bits per heavy atom. The van der Waals surface area contributed by atoms with Crippen LogP contribution in [0.4, 0.5) is 4.79 Å². The van der Waals surface area contributed by atoms with E-state index in [0.29, 0.717) is 6.61 Å². The van der Waals surface area contributed by atoms with Gasteiger partial charge in [-0.3, -0.25) is 4.90 Å². The molecule has 6 heteroatoms. The summed E-state index contributed by atoms with van der Waals surface area (Å²) < 4.78 is 16.9. The summed E-state index contributed by atoms with van der Waals surface area (Å²) in [6.07, 6.45) is 4.08. The van der Waals surface area contributed by atoms with Gasteiger partial charge < -0.3 is 19.3 Å². The second kappa shape index (κ2) is 9.17. The number of nitrogens with zero attached hydrogens (tertiary/aromatic N) is 1. The predicted molar refractivity (Wildman–Crippen MR) is 91.9 cm³/mol. The van der Waals surface area contributed by atoms with Crippen LogP contribution in [0.5, 0.6) is 0 Å². The molecule has 0 bridgehead atoms. The fraction of sp³-hybridized carbons (Fsp3) is 0.632. The van der Waals surface area contributed by atoms with E-state index in [9.17, 15) is 9.90 Å². The smallest absolute Gasteiger partial charge is 0.410 e. The highest BCUT2D eigenvalue weighted by Crippen LogP contribution is 2.26. The third-order valence-corrected chi connectivity index (χ3v) is 4.86. The van der Waals surface area contributed by atoms with Gasteiger partial charge in [-0.2, -0.15) is 0 Å². The molecule has 25 heavy (non-hydrogen) atoms. The molecule has 2 fully saturated rings. The molecule has 1 aromatic carbocycles. The zero-order valence-electron chi connectivity index (χ0n) is 14.5. The average Bonchev–Trinajstić information content (AvgIpc) is 3.09. The second-order valence-corrected chi connectivity index (χ2v) is 6.64. The number of carbonyl (C=O) groups excluding carboxylic acids is 1. The molecule has 2 heterocycles. The number of hydrogen-bond donors (Lipinski definition) is 1. The first kappa shape index (κ1) is 18.2. The highest BCUT2D eigenvalue weighted by Gasteiger charge is 2.38. The van der Waals surface area contributed by atoms with Gasteiger partial charge in [0.25, 0.3) is 0 Å². The molecule has 3 rings (SSSR count). The van der Waals surface area contributed by atoms with Gasteiger partial charge in [0.2, 0.25) is 0 Å². The molecule has 0 aliphatic carbocycles. The zero-order valence-corrected chi connectivity index (χ0v) is 14.5. The molecule has 2 aliphatic rings. The quantitative estimate of drug-likeness (QED) is 0.855. The molecule has 1 amide bonds. The average molecular weight is 349 g/mol. The molecule has 0 saturated carbocycles. The number of carbonyl (C=O) groups is 1. The van der Waals surface area contributed by atoms with Crippen LogP contribution in [-0.2, 0) is 20.8 Å². The van der Waals surface area contributed by atoms with E-state index < -0.39 is 6.09 Å². The molecule has 1 unspecified atom stereocenters. The summed E-state index contributed by atoms with van der Waals surface area (Å²) in [7, 11) is 0. The Morgan fingerprint density at radius 1 is 1.16 bits per heavy atom. The van der Waals surface area contributed by atoms with E-state index >= 15 is 0 Å². The van der Waals surface area contributed by atoms with Crippen molar-refractivity contribution >= 4 is 6.09 Å². The van der Waals surface area contributed by atoms with E-state index in [1.807, 2.05) is 30.3 Å². The number of benzene rings is 1. The Hall–Kier alpha value is -1.63. The van der Waals surface area contributed by atoms with Crippen molar-refractivity contribution in [3.63, 3.8) is 0 Å². The van der Waals surface area contributed by atoms with Crippen molar-refractivity contribution in [3.05, 3.63) is 35.9 Å². The lowest BCUT2D eigenvalue weighted by Gasteiger charge is -2.30. The highest BCUT2D eigenvalue weighted by molar-refractivity contribution is 5.69. The van der Waals surface area contributed by atoms with Crippen LogP contribution >= 0.6 is 0 Å². The Labute approximate surface area is 148 Å². The SMILES string of the molecule is O=C(OCc1ccccc1)N1[C@@H](CO)CC[C@H]1COC1CCCCO1. The molecule has 2 aliphatic heterocycles. The minimum Gasteiger partial charge on any atom is -0.445 e. The topological polar surface area (TPSA) is 68.2 Å². The highest BCUT2D eigenvalue weighted by atomic mass is 16.7. The van der Waals surface area contributed by atoms with Crippen molar-refractivity contribution < 1.29 is 24.1 Å². The van der Waals surface area contributed by atoms with E-state index in [-0.39, 0.29) is 31.6 Å². The fourth-order valence-electron chi connectivity index (χ4n) is 3.46. The molecule has 0 aromatic heterocycles. The summed E-state index contributed by atoms with van der Waals surface area (Å²) in [5.74, 6) is 0. The standard InChI is InChI=1S/C19H27NO5/c21-12-16-9-10-17(14-24-18-8-4-5-11-23-18)20(16)19(22)25-13-15-6-2-1-3-7-15/h1-3,6-7,16-18,21H,4-5,8-14H2/t16-,17+,18?/m1/s1. The normalized spacial score (nSPS) is 26.6. The maximum Gasteiger partial charge on any atom is 0.410 e. The Kier molecular flexibility index (Phi) is 6.67. The first-order chi connectivity index (χ1) is 12.3. The van der Waals surface area contributed by atoms with Crippen LogP contribution < -0.4 is 0 Å². The van der Waals surface area contributed by atoms with Gasteiger partial charge in [-0.15, -0.1) is 0 Å². The van der Waals surface area contributed by atoms with Gasteiger partial charge in [-0.1, -0.05) is 30.3 Å². The molecular formula is C19H27NO5. The Balaban J connectivity index is 1.53. The molecule has 1 aromatic rings. The lowest BCUT2D eigenvalue weighted by molar-refractivity contribution is -0.169. The van der Waals surface area contributed by atoms with Crippen molar-refractivity contribution in [2.75, 3.05) is 19.8 Å². The lowest BCUT2D eigenvalue weighted by Crippen LogP contribution is -2.45. The van der Waals surface area contributed by atoms with Crippen LogP contribution in [0.1, 0.15) is 37.7 Å². The molecule has 138 valence electrons. The number of rotatable bonds is 6. The van der Waals surface area contributed by atoms with Crippen LogP contribution in [-0.4, -0.2) is 54.3 Å². The number of ether oxygens (including phenoxy) is 3. The number of likely N-dealkylation sites (tertiary alicyclic amines) is 1. The van der Waals surface area contributed by atoms with Gasteiger partial charge in [0.05, 0.1) is 25.3 Å². The van der Waals surface area contributed by atoms with Crippen molar-refractivity contribution in [1.82, 2.24) is 4.90 Å². The molecular weight excluding hydrogens is 322 g/mol. The van der Waals surface area contributed by atoms with Crippen LogP contribution in [0.2, 0.25) is 0 Å². The van der Waals surface area contributed by atoms with Gasteiger partial charge in [-0.25, -0.2) is 4.79 Å². The van der Waals surface area contributed by atoms with E-state index in [2.05, 4.69) is 0 Å². The van der Waals surface area contributed by atoms with Crippen LogP contribution in [0.3, 0.4) is 0 Å². The van der Waals surface area contributed by atoms with E-state index in [0.717, 1.165) is 44.3 Å². The summed E-state index contributed by atoms with van der Waals surface area (Å²) in [6.45, 7) is 1.32. The number of hydrogen-bond acceptors (Lipinski definition) is 5. The number of aliphatic hydroxyl groups is 1. The largest absolute Gasteiger partial charge is 0.445 e. The molecule has 2 saturated heterocycles. The van der Waals surface area contributed by atoms with Crippen molar-refractivity contribution in [3.8, 4) is 0 Å². The monoisotopic (exact) mass is 349 g/mol. The second-order valence-electron chi connectivity index (χ2n) is 6.64. The summed E-state index contributed by atoms with van der Waals surface area (Å²) in [5.41, 5.74) is 0.944. The third kappa shape index (κ3) is 4.93. The number of aliphatic hydroxyl groups excluding tert-OH is 1. The van der Waals surface area contributed by atoms with E-state index in [1.165, 1.54) is 0 Å².